The first kappa shape index (κ1) is 29.5. The van der Waals surface area contributed by atoms with E-state index >= 15 is 0 Å². The summed E-state index contributed by atoms with van der Waals surface area (Å²) in [6, 6.07) is 25.4. The highest BCUT2D eigenvalue weighted by atomic mass is 16.5. The number of imidazole rings is 2. The van der Waals surface area contributed by atoms with Gasteiger partial charge in [-0.1, -0.05) is 78.9 Å². The third-order valence-corrected chi connectivity index (χ3v) is 8.99. The van der Waals surface area contributed by atoms with Crippen molar-refractivity contribution in [1.82, 2.24) is 35.5 Å². The lowest BCUT2D eigenvalue weighted by atomic mass is 10.0. The van der Waals surface area contributed by atoms with Gasteiger partial charge in [-0.25, -0.2) is 14.8 Å². The van der Waals surface area contributed by atoms with E-state index in [-0.39, 0.29) is 11.9 Å². The van der Waals surface area contributed by atoms with Crippen LogP contribution in [0, 0.1) is 0 Å². The number of H-pyrrole nitrogens is 2. The number of rotatable bonds is 8. The average Bonchev–Trinajstić information content (AvgIpc) is 3.94. The fourth-order valence-corrected chi connectivity index (χ4v) is 6.51. The first-order valence-electron chi connectivity index (χ1n) is 15.8. The Bertz CT molecular complexity index is 1790. The molecule has 10 heteroatoms. The first-order valence-corrected chi connectivity index (χ1v) is 15.8. The number of carbonyl (C=O) groups excluding carboxylic acids is 2. The average molecular weight is 616 g/mol. The van der Waals surface area contributed by atoms with Gasteiger partial charge in [0.15, 0.2) is 0 Å². The minimum atomic E-state index is -0.850. The summed E-state index contributed by atoms with van der Waals surface area (Å²) in [4.78, 5) is 44.0. The van der Waals surface area contributed by atoms with Crippen LogP contribution in [-0.4, -0.2) is 57.0 Å². The molecular formula is C36H37N7O3. The van der Waals surface area contributed by atoms with Gasteiger partial charge in [0.05, 0.1) is 43.0 Å². The second-order valence-corrected chi connectivity index (χ2v) is 11.8. The number of amides is 2. The molecule has 2 aliphatic heterocycles. The summed E-state index contributed by atoms with van der Waals surface area (Å²) in [5.41, 5.74) is 6.98. The van der Waals surface area contributed by atoms with Gasteiger partial charge < -0.3 is 30.2 Å². The molecular weight excluding hydrogens is 578 g/mol. The molecule has 3 aromatic carbocycles. The number of hydrogen-bond donors (Lipinski definition) is 4. The van der Waals surface area contributed by atoms with Gasteiger partial charge in [-0.05, 0) is 60.0 Å². The Kier molecular flexibility index (Phi) is 8.35. The van der Waals surface area contributed by atoms with E-state index in [0.717, 1.165) is 71.1 Å². The molecule has 2 aliphatic rings. The molecule has 2 aromatic heterocycles. The van der Waals surface area contributed by atoms with E-state index in [1.807, 2.05) is 42.7 Å². The van der Waals surface area contributed by atoms with Crippen LogP contribution in [0.3, 0.4) is 0 Å². The van der Waals surface area contributed by atoms with Crippen molar-refractivity contribution in [3.63, 3.8) is 0 Å². The molecule has 46 heavy (non-hydrogen) atoms. The van der Waals surface area contributed by atoms with E-state index in [2.05, 4.69) is 79.1 Å². The van der Waals surface area contributed by atoms with Gasteiger partial charge in [-0.2, -0.15) is 0 Å². The van der Waals surface area contributed by atoms with E-state index in [1.165, 1.54) is 13.5 Å². The van der Waals surface area contributed by atoms with E-state index in [4.69, 9.17) is 4.74 Å². The van der Waals surface area contributed by atoms with Crippen LogP contribution in [0.1, 0.15) is 61.0 Å². The molecule has 0 spiro atoms. The number of methoxy groups -OCH3 is 1. The fourth-order valence-electron chi connectivity index (χ4n) is 6.51. The molecule has 2 fully saturated rings. The van der Waals surface area contributed by atoms with Gasteiger partial charge >= 0.3 is 6.09 Å². The smallest absolute Gasteiger partial charge is 0.407 e. The summed E-state index contributed by atoms with van der Waals surface area (Å²) in [5, 5.41) is 6.21. The van der Waals surface area contributed by atoms with Gasteiger partial charge in [-0.15, -0.1) is 0 Å². The number of nitrogens with one attached hydrogen (secondary N) is 4. The normalized spacial score (nSPS) is 18.4. The minimum absolute atomic E-state index is 0.189. The van der Waals surface area contributed by atoms with Crippen LogP contribution in [0.5, 0.6) is 0 Å². The number of carbonyl (C=O) groups is 2. The van der Waals surface area contributed by atoms with Crippen LogP contribution < -0.4 is 10.6 Å². The zero-order valence-corrected chi connectivity index (χ0v) is 25.7. The molecule has 0 radical (unpaired) electrons. The zero-order chi connectivity index (χ0) is 31.5. The van der Waals surface area contributed by atoms with Gasteiger partial charge in [0.25, 0.3) is 5.91 Å². The maximum absolute atomic E-state index is 13.8. The van der Waals surface area contributed by atoms with Crippen molar-refractivity contribution in [2.45, 2.75) is 43.8 Å². The molecule has 3 atom stereocenters. The molecule has 4 heterocycles. The maximum Gasteiger partial charge on any atom is 0.407 e. The Morgan fingerprint density at radius 3 is 2.02 bits per heavy atom. The molecule has 5 aromatic rings. The Morgan fingerprint density at radius 2 is 1.41 bits per heavy atom. The van der Waals surface area contributed by atoms with Gasteiger partial charge in [-0.3, -0.25) is 4.79 Å². The molecule has 2 saturated heterocycles. The fraction of sp³-hybridized carbons (Fsp3) is 0.278. The lowest BCUT2D eigenvalue weighted by Gasteiger charge is -2.28. The van der Waals surface area contributed by atoms with Gasteiger partial charge in [0, 0.05) is 6.54 Å². The number of hydrogen-bond acceptors (Lipinski definition) is 6. The monoisotopic (exact) mass is 615 g/mol. The number of likely N-dealkylation sites (tertiary alicyclic amines) is 1. The molecule has 2 amide bonds. The number of aromatic amines is 2. The molecule has 0 unspecified atom stereocenters. The van der Waals surface area contributed by atoms with Crippen molar-refractivity contribution in [2.24, 2.45) is 0 Å². The third-order valence-electron chi connectivity index (χ3n) is 8.99. The van der Waals surface area contributed by atoms with E-state index in [1.54, 1.807) is 4.90 Å². The molecule has 4 N–H and O–H groups in total. The summed E-state index contributed by atoms with van der Waals surface area (Å²) >= 11 is 0. The Labute approximate surface area is 267 Å². The lowest BCUT2D eigenvalue weighted by Crippen LogP contribution is -2.42. The molecule has 0 bridgehead atoms. The number of ether oxygens (including phenoxy) is 1. The number of alkyl carbamates (subject to hydrolysis) is 1. The molecule has 7 rings (SSSR count). The molecule has 0 saturated carbocycles. The number of aromatic nitrogens is 4. The van der Waals surface area contributed by atoms with Crippen LogP contribution in [0.2, 0.25) is 0 Å². The topological polar surface area (TPSA) is 128 Å². The predicted octanol–water partition coefficient (Wildman–Crippen LogP) is 6.32. The van der Waals surface area contributed by atoms with Crippen LogP contribution in [0.4, 0.5) is 4.79 Å². The van der Waals surface area contributed by atoms with Crippen LogP contribution >= 0.6 is 0 Å². The maximum atomic E-state index is 13.8. The van der Waals surface area contributed by atoms with Crippen molar-refractivity contribution in [3.8, 4) is 33.6 Å². The van der Waals surface area contributed by atoms with Crippen LogP contribution in [0.25, 0.3) is 33.6 Å². The Balaban J connectivity index is 1.04. The Morgan fingerprint density at radius 1 is 0.804 bits per heavy atom. The van der Waals surface area contributed by atoms with Crippen LogP contribution in [-0.2, 0) is 9.53 Å². The van der Waals surface area contributed by atoms with E-state index in [9.17, 15) is 9.59 Å². The minimum Gasteiger partial charge on any atom is -0.453 e. The van der Waals surface area contributed by atoms with E-state index < -0.39 is 12.1 Å². The van der Waals surface area contributed by atoms with Gasteiger partial charge in [0.1, 0.15) is 17.7 Å². The predicted molar refractivity (Wildman–Crippen MR) is 175 cm³/mol. The second-order valence-electron chi connectivity index (χ2n) is 11.8. The van der Waals surface area contributed by atoms with Gasteiger partial charge in [0.2, 0.25) is 0 Å². The highest BCUT2D eigenvalue weighted by Gasteiger charge is 2.37. The van der Waals surface area contributed by atoms with Crippen molar-refractivity contribution >= 4 is 12.0 Å². The highest BCUT2D eigenvalue weighted by Crippen LogP contribution is 2.34. The number of benzene rings is 3. The summed E-state index contributed by atoms with van der Waals surface area (Å²) in [6.07, 6.45) is 7.01. The van der Waals surface area contributed by atoms with Crippen molar-refractivity contribution in [3.05, 3.63) is 108 Å². The van der Waals surface area contributed by atoms with E-state index in [0.29, 0.717) is 18.2 Å². The van der Waals surface area contributed by atoms with Crippen molar-refractivity contribution < 1.29 is 14.3 Å². The standard InChI is InChI=1S/C36H37N7O3/c1-46-36(45)42-32(27-7-3-2-4-8-27)35(44)43-20-6-10-31(43)34-39-22-30(41-34)26-17-13-24(14-18-26)23-11-15-25(16-12-23)29-21-38-33(40-29)28-9-5-19-37-28/h2-4,7-8,11-18,21-22,28,31-32,37H,5-6,9-10,19-20H2,1H3,(H,38,40)(H,39,41)(H,42,45)/t28-,31-,32+/m0/s1. The zero-order valence-electron chi connectivity index (χ0n) is 25.7. The second kappa shape index (κ2) is 13.0. The number of nitrogens with zero attached hydrogens (tertiary/aromatic N) is 3. The highest BCUT2D eigenvalue weighted by molar-refractivity contribution is 5.87. The molecule has 0 aliphatic carbocycles. The third kappa shape index (κ3) is 6.03. The summed E-state index contributed by atoms with van der Waals surface area (Å²) in [5.74, 6) is 1.55. The summed E-state index contributed by atoms with van der Waals surface area (Å²) in [6.45, 7) is 1.63. The van der Waals surface area contributed by atoms with Crippen LogP contribution in [0.15, 0.2) is 91.3 Å². The van der Waals surface area contributed by atoms with Crippen molar-refractivity contribution in [2.75, 3.05) is 20.2 Å². The Hall–Kier alpha value is -5.22. The first-order chi connectivity index (χ1) is 22.6. The SMILES string of the molecule is COC(=O)N[C@@H](C(=O)N1CCC[C@H]1c1ncc(-c2ccc(-c3ccc(-c4cnc([C@@H]5CCCN5)[nH]4)cc3)cc2)[nH]1)c1ccccc1. The summed E-state index contributed by atoms with van der Waals surface area (Å²) < 4.78 is 4.81. The van der Waals surface area contributed by atoms with Crippen molar-refractivity contribution in [1.29, 1.82) is 0 Å². The quantitative estimate of drug-likeness (QED) is 0.162. The lowest BCUT2D eigenvalue weighted by molar-refractivity contribution is -0.134. The molecule has 234 valence electrons. The largest absolute Gasteiger partial charge is 0.453 e. The molecule has 10 nitrogen and oxygen atoms in total. The summed E-state index contributed by atoms with van der Waals surface area (Å²) in [7, 11) is 1.29.